The van der Waals surface area contributed by atoms with Crippen LogP contribution < -0.4 is 11.1 Å². The van der Waals surface area contributed by atoms with Crippen LogP contribution in [0.25, 0.3) is 0 Å². The van der Waals surface area contributed by atoms with Gasteiger partial charge in [0.1, 0.15) is 11.4 Å². The number of nitrogens with two attached hydrogens (primary N) is 1. The van der Waals surface area contributed by atoms with E-state index < -0.39 is 0 Å². The fraction of sp³-hybridized carbons (Fsp3) is 0.636. The quantitative estimate of drug-likeness (QED) is 0.793. The molecule has 1 aromatic rings. The van der Waals surface area contributed by atoms with Crippen molar-refractivity contribution >= 4 is 11.7 Å². The molecule has 0 spiro atoms. The fourth-order valence-corrected chi connectivity index (χ4v) is 1.89. The molecule has 3 N–H and O–H groups in total. The number of aryl methyl sites for hydroxylation is 1. The van der Waals surface area contributed by atoms with Crippen LogP contribution in [0.5, 0.6) is 0 Å². The summed E-state index contributed by atoms with van der Waals surface area (Å²) in [5.41, 5.74) is 6.14. The molecule has 1 aliphatic heterocycles. The third-order valence-corrected chi connectivity index (χ3v) is 2.99. The van der Waals surface area contributed by atoms with Gasteiger partial charge in [0, 0.05) is 20.2 Å². The lowest BCUT2D eigenvalue weighted by Gasteiger charge is -2.22. The lowest BCUT2D eigenvalue weighted by Crippen LogP contribution is -2.35. The van der Waals surface area contributed by atoms with Crippen LogP contribution in [0.15, 0.2) is 6.20 Å². The van der Waals surface area contributed by atoms with Crippen molar-refractivity contribution in [1.82, 2.24) is 15.1 Å². The van der Waals surface area contributed by atoms with Gasteiger partial charge in [-0.2, -0.15) is 5.10 Å². The van der Waals surface area contributed by atoms with Gasteiger partial charge in [0.2, 0.25) is 0 Å². The largest absolute Gasteiger partial charge is 0.383 e. The van der Waals surface area contributed by atoms with Crippen molar-refractivity contribution in [3.8, 4) is 0 Å². The van der Waals surface area contributed by atoms with Gasteiger partial charge in [-0.05, 0) is 19.3 Å². The number of rotatable bonds is 3. The summed E-state index contributed by atoms with van der Waals surface area (Å²) in [6.45, 7) is 1.32. The Morgan fingerprint density at radius 3 is 3.12 bits per heavy atom. The van der Waals surface area contributed by atoms with E-state index in [1.807, 2.05) is 0 Å². The third kappa shape index (κ3) is 2.76. The van der Waals surface area contributed by atoms with Crippen LogP contribution in [0.1, 0.15) is 29.6 Å². The molecule has 1 aromatic heterocycles. The first-order valence-corrected chi connectivity index (χ1v) is 5.85. The number of nitrogens with zero attached hydrogens (tertiary/aromatic N) is 2. The Bertz CT molecular complexity index is 396. The molecule has 0 aromatic carbocycles. The zero-order valence-corrected chi connectivity index (χ0v) is 9.98. The number of amides is 1. The zero-order chi connectivity index (χ0) is 12.3. The molecule has 1 amide bonds. The van der Waals surface area contributed by atoms with Crippen molar-refractivity contribution < 1.29 is 9.53 Å². The second-order valence-electron chi connectivity index (χ2n) is 4.27. The Kier molecular flexibility index (Phi) is 3.63. The Balaban J connectivity index is 1.86. The highest BCUT2D eigenvalue weighted by molar-refractivity contribution is 5.98. The van der Waals surface area contributed by atoms with E-state index in [-0.39, 0.29) is 12.0 Å². The van der Waals surface area contributed by atoms with E-state index in [4.69, 9.17) is 10.5 Å². The van der Waals surface area contributed by atoms with Crippen LogP contribution in [0.3, 0.4) is 0 Å². The minimum Gasteiger partial charge on any atom is -0.383 e. The molecule has 6 nitrogen and oxygen atoms in total. The monoisotopic (exact) mass is 238 g/mol. The van der Waals surface area contributed by atoms with Crippen molar-refractivity contribution in [2.45, 2.75) is 25.4 Å². The Morgan fingerprint density at radius 1 is 1.71 bits per heavy atom. The minimum atomic E-state index is -0.190. The molecule has 0 saturated carbocycles. The average molecular weight is 238 g/mol. The van der Waals surface area contributed by atoms with Crippen LogP contribution >= 0.6 is 0 Å². The molecule has 6 heteroatoms. The van der Waals surface area contributed by atoms with E-state index in [9.17, 15) is 4.79 Å². The van der Waals surface area contributed by atoms with Crippen LogP contribution in [-0.4, -0.2) is 34.9 Å². The van der Waals surface area contributed by atoms with E-state index >= 15 is 0 Å². The zero-order valence-electron chi connectivity index (χ0n) is 9.98. The van der Waals surface area contributed by atoms with Crippen molar-refractivity contribution in [3.63, 3.8) is 0 Å². The second-order valence-corrected chi connectivity index (χ2v) is 4.27. The van der Waals surface area contributed by atoms with Crippen LogP contribution in [0.4, 0.5) is 5.82 Å². The molecule has 0 bridgehead atoms. The molecule has 2 rings (SSSR count). The highest BCUT2D eigenvalue weighted by Crippen LogP contribution is 2.13. The Labute approximate surface area is 100 Å². The maximum atomic E-state index is 11.8. The highest BCUT2D eigenvalue weighted by atomic mass is 16.5. The van der Waals surface area contributed by atoms with Crippen molar-refractivity contribution in [2.24, 2.45) is 7.05 Å². The molecule has 1 fully saturated rings. The summed E-state index contributed by atoms with van der Waals surface area (Å²) in [5.74, 6) is 0.192. The molecule has 1 unspecified atom stereocenters. The van der Waals surface area contributed by atoms with Gasteiger partial charge in [-0.25, -0.2) is 0 Å². The topological polar surface area (TPSA) is 82.2 Å². The summed E-state index contributed by atoms with van der Waals surface area (Å²) >= 11 is 0. The van der Waals surface area contributed by atoms with Crippen LogP contribution in [-0.2, 0) is 11.8 Å². The summed E-state index contributed by atoms with van der Waals surface area (Å²) in [5, 5.41) is 6.76. The van der Waals surface area contributed by atoms with Gasteiger partial charge in [0.05, 0.1) is 12.3 Å². The maximum Gasteiger partial charge on any atom is 0.256 e. The predicted molar refractivity (Wildman–Crippen MR) is 63.5 cm³/mol. The Hall–Kier alpha value is -1.56. The number of hydrogen-bond donors (Lipinski definition) is 2. The van der Waals surface area contributed by atoms with E-state index in [2.05, 4.69) is 10.4 Å². The van der Waals surface area contributed by atoms with Crippen molar-refractivity contribution in [3.05, 3.63) is 11.8 Å². The number of hydrogen-bond acceptors (Lipinski definition) is 4. The first-order valence-electron chi connectivity index (χ1n) is 5.85. The summed E-state index contributed by atoms with van der Waals surface area (Å²) < 4.78 is 7.01. The molecule has 1 atom stereocenters. The van der Waals surface area contributed by atoms with E-state index in [1.54, 1.807) is 7.05 Å². The average Bonchev–Trinajstić information content (AvgIpc) is 2.69. The molecule has 94 valence electrons. The predicted octanol–water partition coefficient (Wildman–Crippen LogP) is 0.301. The highest BCUT2D eigenvalue weighted by Gasteiger charge is 2.17. The van der Waals surface area contributed by atoms with Gasteiger partial charge in [-0.1, -0.05) is 0 Å². The smallest absolute Gasteiger partial charge is 0.256 e. The van der Waals surface area contributed by atoms with Gasteiger partial charge < -0.3 is 15.8 Å². The lowest BCUT2D eigenvalue weighted by atomic mass is 10.1. The van der Waals surface area contributed by atoms with Crippen LogP contribution in [0.2, 0.25) is 0 Å². The first-order chi connectivity index (χ1) is 8.18. The van der Waals surface area contributed by atoms with E-state index in [0.29, 0.717) is 17.9 Å². The number of carbonyl (C=O) groups excluding carboxylic acids is 1. The summed E-state index contributed by atoms with van der Waals surface area (Å²) in [6, 6.07) is 0. The minimum absolute atomic E-state index is 0.130. The summed E-state index contributed by atoms with van der Waals surface area (Å²) in [7, 11) is 1.70. The molecule has 17 heavy (non-hydrogen) atoms. The lowest BCUT2D eigenvalue weighted by molar-refractivity contribution is 0.0169. The molecule has 2 heterocycles. The number of ether oxygens (including phenoxy) is 1. The van der Waals surface area contributed by atoms with Gasteiger partial charge in [0.15, 0.2) is 0 Å². The molecule has 0 aliphatic carbocycles. The molecule has 1 aliphatic rings. The number of anilines is 1. The number of aromatic nitrogens is 2. The molecule has 0 radical (unpaired) electrons. The van der Waals surface area contributed by atoms with Gasteiger partial charge in [0.25, 0.3) is 5.91 Å². The molecule has 1 saturated heterocycles. The van der Waals surface area contributed by atoms with E-state index in [1.165, 1.54) is 10.9 Å². The number of nitrogen functional groups attached to an aromatic ring is 1. The Morgan fingerprint density at radius 2 is 2.53 bits per heavy atom. The SMILES string of the molecule is Cn1ncc(C(=O)NCC2CCCCO2)c1N. The van der Waals surface area contributed by atoms with Crippen molar-refractivity contribution in [2.75, 3.05) is 18.9 Å². The van der Waals surface area contributed by atoms with Gasteiger partial charge in [-0.15, -0.1) is 0 Å². The second kappa shape index (κ2) is 5.18. The normalized spacial score (nSPS) is 20.2. The first kappa shape index (κ1) is 11.9. The maximum absolute atomic E-state index is 11.8. The standard InChI is InChI=1S/C11H18N4O2/c1-15-10(12)9(7-14-15)11(16)13-6-8-4-2-3-5-17-8/h7-8H,2-6,12H2,1H3,(H,13,16). The number of nitrogens with one attached hydrogen (secondary N) is 1. The summed E-state index contributed by atoms with van der Waals surface area (Å²) in [4.78, 5) is 11.8. The van der Waals surface area contributed by atoms with Crippen molar-refractivity contribution in [1.29, 1.82) is 0 Å². The van der Waals surface area contributed by atoms with E-state index in [0.717, 1.165) is 25.9 Å². The van der Waals surface area contributed by atoms with Crippen LogP contribution in [0, 0.1) is 0 Å². The van der Waals surface area contributed by atoms with Gasteiger partial charge >= 0.3 is 0 Å². The van der Waals surface area contributed by atoms with Gasteiger partial charge in [-0.3, -0.25) is 9.48 Å². The summed E-state index contributed by atoms with van der Waals surface area (Å²) in [6.07, 6.45) is 4.88. The number of carbonyl (C=O) groups is 1. The molecular weight excluding hydrogens is 220 g/mol. The third-order valence-electron chi connectivity index (χ3n) is 2.99. The molecular formula is C11H18N4O2. The fourth-order valence-electron chi connectivity index (χ4n) is 1.89.